The van der Waals surface area contributed by atoms with Crippen LogP contribution in [0.2, 0.25) is 5.02 Å². The van der Waals surface area contributed by atoms with Crippen molar-refractivity contribution in [3.05, 3.63) is 64.3 Å². The van der Waals surface area contributed by atoms with Crippen LogP contribution in [0.4, 0.5) is 10.2 Å². The molecule has 1 aromatic carbocycles. The summed E-state index contributed by atoms with van der Waals surface area (Å²) >= 11 is 6.18. The Morgan fingerprint density at radius 2 is 2.06 bits per heavy atom. The Morgan fingerprint density at radius 1 is 1.25 bits per heavy atom. The first-order valence-electron chi connectivity index (χ1n) is 10.3. The number of amides is 2. The number of aryl methyl sites for hydroxylation is 2. The van der Waals surface area contributed by atoms with E-state index < -0.39 is 11.7 Å². The summed E-state index contributed by atoms with van der Waals surface area (Å²) in [5.74, 6) is -0.781. The zero-order valence-corrected chi connectivity index (χ0v) is 18.4. The molecule has 1 saturated heterocycles. The predicted molar refractivity (Wildman–Crippen MR) is 118 cm³/mol. The first-order chi connectivity index (χ1) is 15.4. The van der Waals surface area contributed by atoms with Gasteiger partial charge in [0.25, 0.3) is 5.91 Å². The normalized spacial score (nSPS) is 16.1. The summed E-state index contributed by atoms with van der Waals surface area (Å²) in [6.07, 6.45) is 2.92. The minimum Gasteiger partial charge on any atom is -0.360 e. The van der Waals surface area contributed by atoms with Gasteiger partial charge in [0.05, 0.1) is 16.5 Å². The van der Waals surface area contributed by atoms with Crippen molar-refractivity contribution in [1.82, 2.24) is 15.0 Å². The highest BCUT2D eigenvalue weighted by Gasteiger charge is 2.33. The smallest absolute Gasteiger partial charge is 0.259 e. The van der Waals surface area contributed by atoms with Crippen molar-refractivity contribution in [3.63, 3.8) is 0 Å². The molecule has 1 aliphatic heterocycles. The van der Waals surface area contributed by atoms with Crippen LogP contribution in [0.15, 0.2) is 41.1 Å². The lowest BCUT2D eigenvalue weighted by molar-refractivity contribution is -0.121. The summed E-state index contributed by atoms with van der Waals surface area (Å²) in [4.78, 5) is 32.0. The number of piperidine rings is 1. The second kappa shape index (κ2) is 9.08. The van der Waals surface area contributed by atoms with E-state index in [9.17, 15) is 14.0 Å². The van der Waals surface area contributed by atoms with Gasteiger partial charge in [-0.15, -0.1) is 0 Å². The Hall–Kier alpha value is -3.26. The van der Waals surface area contributed by atoms with Crippen LogP contribution in [0.3, 0.4) is 0 Å². The third-order valence-corrected chi connectivity index (χ3v) is 5.92. The zero-order chi connectivity index (χ0) is 22.8. The van der Waals surface area contributed by atoms with E-state index in [1.54, 1.807) is 24.1 Å². The highest BCUT2D eigenvalue weighted by Crippen LogP contribution is 2.34. The minimum atomic E-state index is -0.596. The molecular formula is C23H22ClFN4O3. The number of nitrogens with zero attached hydrogens (tertiary/aromatic N) is 3. The largest absolute Gasteiger partial charge is 0.360 e. The monoisotopic (exact) mass is 456 g/mol. The van der Waals surface area contributed by atoms with E-state index in [1.807, 2.05) is 13.0 Å². The van der Waals surface area contributed by atoms with Crippen LogP contribution in [-0.4, -0.2) is 39.9 Å². The lowest BCUT2D eigenvalue weighted by Gasteiger charge is -2.32. The van der Waals surface area contributed by atoms with Gasteiger partial charge >= 0.3 is 0 Å². The molecule has 0 spiro atoms. The first-order valence-corrected chi connectivity index (χ1v) is 10.7. The number of rotatable bonds is 4. The van der Waals surface area contributed by atoms with E-state index in [0.717, 1.165) is 5.56 Å². The second-order valence-electron chi connectivity index (χ2n) is 7.81. The number of hydrogen-bond donors (Lipinski definition) is 1. The van der Waals surface area contributed by atoms with E-state index in [4.69, 9.17) is 16.1 Å². The topological polar surface area (TPSA) is 88.3 Å². The van der Waals surface area contributed by atoms with E-state index in [-0.39, 0.29) is 46.0 Å². The van der Waals surface area contributed by atoms with Crippen molar-refractivity contribution in [2.45, 2.75) is 26.7 Å². The van der Waals surface area contributed by atoms with E-state index in [1.165, 1.54) is 18.2 Å². The molecule has 4 rings (SSSR count). The Bertz CT molecular complexity index is 1160. The van der Waals surface area contributed by atoms with Crippen LogP contribution in [-0.2, 0) is 4.79 Å². The number of pyridine rings is 1. The van der Waals surface area contributed by atoms with Gasteiger partial charge in [-0.1, -0.05) is 28.9 Å². The number of aromatic nitrogens is 2. The maximum Gasteiger partial charge on any atom is 0.259 e. The molecule has 1 fully saturated rings. The average Bonchev–Trinajstić information content (AvgIpc) is 3.15. The molecule has 2 amide bonds. The first kappa shape index (κ1) is 22.0. The molecule has 1 atom stereocenters. The fraction of sp³-hybridized carbons (Fsp3) is 0.304. The van der Waals surface area contributed by atoms with Crippen molar-refractivity contribution in [3.8, 4) is 11.3 Å². The number of likely N-dealkylation sites (tertiary alicyclic amines) is 1. The van der Waals surface area contributed by atoms with Crippen molar-refractivity contribution >= 4 is 29.2 Å². The van der Waals surface area contributed by atoms with Crippen LogP contribution in [0, 0.1) is 25.6 Å². The summed E-state index contributed by atoms with van der Waals surface area (Å²) in [5.41, 5.74) is 1.09. The highest BCUT2D eigenvalue weighted by atomic mass is 35.5. The zero-order valence-electron chi connectivity index (χ0n) is 17.7. The maximum absolute atomic E-state index is 14.5. The van der Waals surface area contributed by atoms with Crippen molar-refractivity contribution in [1.29, 1.82) is 0 Å². The number of benzene rings is 1. The number of anilines is 1. The van der Waals surface area contributed by atoms with Gasteiger partial charge in [0.1, 0.15) is 28.7 Å². The average molecular weight is 457 g/mol. The molecular weight excluding hydrogens is 435 g/mol. The third-order valence-electron chi connectivity index (χ3n) is 5.61. The molecule has 0 bridgehead atoms. The van der Waals surface area contributed by atoms with Crippen LogP contribution >= 0.6 is 11.6 Å². The Kier molecular flexibility index (Phi) is 6.23. The third kappa shape index (κ3) is 4.23. The molecule has 0 aliphatic carbocycles. The second-order valence-corrected chi connectivity index (χ2v) is 8.21. The molecule has 1 unspecified atom stereocenters. The lowest BCUT2D eigenvalue weighted by atomic mass is 9.95. The molecule has 9 heteroatoms. The molecule has 166 valence electrons. The molecule has 0 radical (unpaired) electrons. The Morgan fingerprint density at radius 3 is 2.81 bits per heavy atom. The standard InChI is InChI=1S/C23H22ClFN4O3/c1-13-6-4-10-26-21(13)27-22(30)15-7-5-11-29(12-15)23(31)18-14(2)32-28-20(18)19-16(24)8-3-9-17(19)25/h3-4,6,8-10,15H,5,7,11-12H2,1-2H3,(H,26,27,30). The molecule has 2 aromatic heterocycles. The summed E-state index contributed by atoms with van der Waals surface area (Å²) < 4.78 is 19.7. The fourth-order valence-corrected chi connectivity index (χ4v) is 4.14. The highest BCUT2D eigenvalue weighted by molar-refractivity contribution is 6.33. The molecule has 32 heavy (non-hydrogen) atoms. The van der Waals surface area contributed by atoms with Gasteiger partial charge in [-0.25, -0.2) is 9.37 Å². The van der Waals surface area contributed by atoms with Gasteiger partial charge in [0, 0.05) is 19.3 Å². The van der Waals surface area contributed by atoms with Crippen molar-refractivity contribution in [2.75, 3.05) is 18.4 Å². The van der Waals surface area contributed by atoms with Gasteiger partial charge in [-0.3, -0.25) is 9.59 Å². The van der Waals surface area contributed by atoms with Gasteiger partial charge in [-0.05, 0) is 50.5 Å². The van der Waals surface area contributed by atoms with Crippen molar-refractivity contribution < 1.29 is 18.5 Å². The van der Waals surface area contributed by atoms with Crippen LogP contribution in [0.25, 0.3) is 11.3 Å². The van der Waals surface area contributed by atoms with Gasteiger partial charge in [0.15, 0.2) is 0 Å². The van der Waals surface area contributed by atoms with Crippen LogP contribution < -0.4 is 5.32 Å². The number of halogens is 2. The molecule has 1 N–H and O–H groups in total. The van der Waals surface area contributed by atoms with Gasteiger partial charge in [0.2, 0.25) is 5.91 Å². The molecule has 1 aliphatic rings. The number of hydrogen-bond acceptors (Lipinski definition) is 5. The predicted octanol–water partition coefficient (Wildman–Crippen LogP) is 4.64. The summed E-state index contributed by atoms with van der Waals surface area (Å²) in [6.45, 7) is 4.16. The van der Waals surface area contributed by atoms with E-state index in [0.29, 0.717) is 25.2 Å². The molecule has 7 nitrogen and oxygen atoms in total. The van der Waals surface area contributed by atoms with E-state index >= 15 is 0 Å². The van der Waals surface area contributed by atoms with Crippen LogP contribution in [0.1, 0.15) is 34.5 Å². The minimum absolute atomic E-state index is 0.0197. The molecule has 0 saturated carbocycles. The van der Waals surface area contributed by atoms with E-state index in [2.05, 4.69) is 15.5 Å². The SMILES string of the molecule is Cc1cccnc1NC(=O)C1CCCN(C(=O)c2c(-c3c(F)cccc3Cl)noc2C)C1. The molecule has 3 heterocycles. The summed E-state index contributed by atoms with van der Waals surface area (Å²) in [7, 11) is 0. The summed E-state index contributed by atoms with van der Waals surface area (Å²) in [5, 5.41) is 6.89. The number of nitrogens with one attached hydrogen (secondary N) is 1. The quantitative estimate of drug-likeness (QED) is 0.618. The number of carbonyl (C=O) groups is 2. The summed E-state index contributed by atoms with van der Waals surface area (Å²) in [6, 6.07) is 7.92. The lowest BCUT2D eigenvalue weighted by Crippen LogP contribution is -2.44. The maximum atomic E-state index is 14.5. The molecule has 3 aromatic rings. The van der Waals surface area contributed by atoms with Gasteiger partial charge < -0.3 is 14.7 Å². The number of carbonyl (C=O) groups excluding carboxylic acids is 2. The van der Waals surface area contributed by atoms with Crippen LogP contribution in [0.5, 0.6) is 0 Å². The van der Waals surface area contributed by atoms with Gasteiger partial charge in [-0.2, -0.15) is 0 Å². The Balaban J connectivity index is 1.56. The Labute approximate surface area is 189 Å². The fourth-order valence-electron chi connectivity index (χ4n) is 3.89. The van der Waals surface area contributed by atoms with Crippen molar-refractivity contribution in [2.24, 2.45) is 5.92 Å².